The quantitative estimate of drug-likeness (QED) is 0.819. The van der Waals surface area contributed by atoms with Gasteiger partial charge in [0.15, 0.2) is 0 Å². The van der Waals surface area contributed by atoms with Crippen molar-refractivity contribution in [1.82, 2.24) is 4.72 Å². The van der Waals surface area contributed by atoms with E-state index in [-0.39, 0.29) is 11.5 Å². The molecule has 0 aliphatic carbocycles. The molecule has 2 rings (SSSR count). The molecular weight excluding hydrogens is 310 g/mol. The number of rotatable bonds is 7. The van der Waals surface area contributed by atoms with Gasteiger partial charge in [0.25, 0.3) is 0 Å². The molecule has 2 aromatic rings. The van der Waals surface area contributed by atoms with Crippen LogP contribution in [0.3, 0.4) is 0 Å². The van der Waals surface area contributed by atoms with Gasteiger partial charge in [-0.15, -0.1) is 0 Å². The fourth-order valence-electron chi connectivity index (χ4n) is 2.26. The van der Waals surface area contributed by atoms with E-state index in [1.165, 1.54) is 0 Å². The van der Waals surface area contributed by atoms with Gasteiger partial charge in [-0.1, -0.05) is 50.2 Å². The van der Waals surface area contributed by atoms with E-state index in [1.54, 1.807) is 12.1 Å². The van der Waals surface area contributed by atoms with Gasteiger partial charge in [0, 0.05) is 6.54 Å². The van der Waals surface area contributed by atoms with Crippen LogP contribution in [0.5, 0.6) is 0 Å². The van der Waals surface area contributed by atoms with Crippen LogP contribution in [-0.4, -0.2) is 20.1 Å². The topological polar surface area (TPSA) is 66.4 Å². The molecule has 0 saturated heterocycles. The van der Waals surface area contributed by atoms with Crippen LogP contribution in [0.25, 0.3) is 0 Å². The standard InChI is InChI=1S/C18H23NO3S/c1-14(2)17-7-9-18(10-8-17)23(21,22)19-12-11-15-3-5-16(13-20)6-4-15/h3-10,14,19-20H,11-13H2,1-2H3. The molecule has 0 fully saturated rings. The summed E-state index contributed by atoms with van der Waals surface area (Å²) in [6.45, 7) is 4.50. The summed E-state index contributed by atoms with van der Waals surface area (Å²) in [5, 5.41) is 9.00. The number of hydrogen-bond acceptors (Lipinski definition) is 3. The van der Waals surface area contributed by atoms with Crippen molar-refractivity contribution >= 4 is 10.0 Å². The molecule has 124 valence electrons. The first-order valence-electron chi connectivity index (χ1n) is 7.70. The third-order valence-electron chi connectivity index (χ3n) is 3.77. The van der Waals surface area contributed by atoms with Crippen LogP contribution in [0.1, 0.15) is 36.5 Å². The normalized spacial score (nSPS) is 11.8. The molecule has 0 radical (unpaired) electrons. The summed E-state index contributed by atoms with van der Waals surface area (Å²) >= 11 is 0. The molecular formula is C18H23NO3S. The summed E-state index contributed by atoms with van der Waals surface area (Å²) in [5.74, 6) is 0.376. The van der Waals surface area contributed by atoms with Gasteiger partial charge in [-0.25, -0.2) is 13.1 Å². The van der Waals surface area contributed by atoms with E-state index in [1.807, 2.05) is 36.4 Å². The Labute approximate surface area is 138 Å². The molecule has 2 N–H and O–H groups in total. The van der Waals surface area contributed by atoms with Crippen LogP contribution >= 0.6 is 0 Å². The third-order valence-corrected chi connectivity index (χ3v) is 5.25. The zero-order chi connectivity index (χ0) is 16.9. The average Bonchev–Trinajstić information content (AvgIpc) is 2.55. The van der Waals surface area contributed by atoms with Gasteiger partial charge >= 0.3 is 0 Å². The molecule has 23 heavy (non-hydrogen) atoms. The van der Waals surface area contributed by atoms with Crippen LogP contribution in [0, 0.1) is 0 Å². The molecule has 0 unspecified atom stereocenters. The van der Waals surface area contributed by atoms with Gasteiger partial charge < -0.3 is 5.11 Å². The fourth-order valence-corrected chi connectivity index (χ4v) is 3.29. The Hall–Kier alpha value is -1.69. The second-order valence-electron chi connectivity index (χ2n) is 5.85. The molecule has 0 amide bonds. The van der Waals surface area contributed by atoms with E-state index >= 15 is 0 Å². The molecule has 0 bridgehead atoms. The highest BCUT2D eigenvalue weighted by molar-refractivity contribution is 7.89. The Bertz CT molecular complexity index is 720. The van der Waals surface area contributed by atoms with E-state index in [0.29, 0.717) is 18.9 Å². The molecule has 0 heterocycles. The monoisotopic (exact) mass is 333 g/mol. The lowest BCUT2D eigenvalue weighted by molar-refractivity contribution is 0.282. The highest BCUT2D eigenvalue weighted by Crippen LogP contribution is 2.17. The Kier molecular flexibility index (Phi) is 5.93. The average molecular weight is 333 g/mol. The predicted octanol–water partition coefficient (Wildman–Crippen LogP) is 2.82. The Morgan fingerprint density at radius 1 is 0.957 bits per heavy atom. The number of nitrogens with one attached hydrogen (secondary N) is 1. The number of aliphatic hydroxyl groups is 1. The molecule has 0 aliphatic rings. The largest absolute Gasteiger partial charge is 0.392 e. The molecule has 4 nitrogen and oxygen atoms in total. The maximum atomic E-state index is 12.3. The van der Waals surface area contributed by atoms with E-state index in [9.17, 15) is 8.42 Å². The zero-order valence-electron chi connectivity index (χ0n) is 13.5. The van der Waals surface area contributed by atoms with Gasteiger partial charge in [0.05, 0.1) is 11.5 Å². The van der Waals surface area contributed by atoms with Crippen molar-refractivity contribution in [3.8, 4) is 0 Å². The van der Waals surface area contributed by atoms with Gasteiger partial charge in [-0.05, 0) is 41.2 Å². The van der Waals surface area contributed by atoms with Crippen molar-refractivity contribution in [2.45, 2.75) is 37.7 Å². The lowest BCUT2D eigenvalue weighted by atomic mass is 10.0. The minimum absolute atomic E-state index is 0.0132. The molecule has 0 spiro atoms. The van der Waals surface area contributed by atoms with Crippen LogP contribution in [0.4, 0.5) is 0 Å². The van der Waals surface area contributed by atoms with Crippen molar-refractivity contribution in [2.24, 2.45) is 0 Å². The van der Waals surface area contributed by atoms with Crippen molar-refractivity contribution in [3.05, 3.63) is 65.2 Å². The Morgan fingerprint density at radius 3 is 2.04 bits per heavy atom. The summed E-state index contributed by atoms with van der Waals surface area (Å²) in [5.41, 5.74) is 2.99. The first-order valence-corrected chi connectivity index (χ1v) is 9.19. The zero-order valence-corrected chi connectivity index (χ0v) is 14.3. The third kappa shape index (κ3) is 4.89. The number of aliphatic hydroxyl groups excluding tert-OH is 1. The molecule has 0 atom stereocenters. The molecule has 5 heteroatoms. The maximum absolute atomic E-state index is 12.3. The number of benzene rings is 2. The fraction of sp³-hybridized carbons (Fsp3) is 0.333. The lowest BCUT2D eigenvalue weighted by Gasteiger charge is -2.09. The Balaban J connectivity index is 1.95. The molecule has 0 saturated carbocycles. The Morgan fingerprint density at radius 2 is 1.52 bits per heavy atom. The van der Waals surface area contributed by atoms with Gasteiger partial charge in [-0.2, -0.15) is 0 Å². The molecule has 0 aliphatic heterocycles. The van der Waals surface area contributed by atoms with E-state index in [2.05, 4.69) is 18.6 Å². The highest BCUT2D eigenvalue weighted by Gasteiger charge is 2.13. The summed E-state index contributed by atoms with van der Waals surface area (Å²) in [6, 6.07) is 14.5. The summed E-state index contributed by atoms with van der Waals surface area (Å²) in [7, 11) is -3.48. The van der Waals surface area contributed by atoms with E-state index < -0.39 is 10.0 Å². The van der Waals surface area contributed by atoms with E-state index in [4.69, 9.17) is 5.11 Å². The van der Waals surface area contributed by atoms with Gasteiger partial charge in [0.1, 0.15) is 0 Å². The van der Waals surface area contributed by atoms with Gasteiger partial charge in [-0.3, -0.25) is 0 Å². The predicted molar refractivity (Wildman–Crippen MR) is 91.8 cm³/mol. The minimum Gasteiger partial charge on any atom is -0.392 e. The molecule has 2 aromatic carbocycles. The maximum Gasteiger partial charge on any atom is 0.240 e. The SMILES string of the molecule is CC(C)c1ccc(S(=O)(=O)NCCc2ccc(CO)cc2)cc1. The van der Waals surface area contributed by atoms with Crippen molar-refractivity contribution in [3.63, 3.8) is 0 Å². The van der Waals surface area contributed by atoms with Crippen LogP contribution in [0.15, 0.2) is 53.4 Å². The first kappa shape index (κ1) is 17.7. The van der Waals surface area contributed by atoms with Crippen LogP contribution in [-0.2, 0) is 23.1 Å². The highest BCUT2D eigenvalue weighted by atomic mass is 32.2. The first-order chi connectivity index (χ1) is 10.9. The van der Waals surface area contributed by atoms with Crippen molar-refractivity contribution in [1.29, 1.82) is 0 Å². The van der Waals surface area contributed by atoms with Crippen molar-refractivity contribution in [2.75, 3.05) is 6.54 Å². The summed E-state index contributed by atoms with van der Waals surface area (Å²) in [6.07, 6.45) is 0.606. The summed E-state index contributed by atoms with van der Waals surface area (Å²) in [4.78, 5) is 0.289. The lowest BCUT2D eigenvalue weighted by Crippen LogP contribution is -2.26. The van der Waals surface area contributed by atoms with Gasteiger partial charge in [0.2, 0.25) is 10.0 Å². The minimum atomic E-state index is -3.48. The number of sulfonamides is 1. The van der Waals surface area contributed by atoms with Crippen molar-refractivity contribution < 1.29 is 13.5 Å². The van der Waals surface area contributed by atoms with Crippen LogP contribution < -0.4 is 4.72 Å². The second-order valence-corrected chi connectivity index (χ2v) is 7.61. The van der Waals surface area contributed by atoms with Crippen LogP contribution in [0.2, 0.25) is 0 Å². The number of hydrogen-bond donors (Lipinski definition) is 2. The molecule has 0 aromatic heterocycles. The second kappa shape index (κ2) is 7.73. The van der Waals surface area contributed by atoms with E-state index in [0.717, 1.165) is 16.7 Å². The summed E-state index contributed by atoms with van der Waals surface area (Å²) < 4.78 is 27.1. The smallest absolute Gasteiger partial charge is 0.240 e.